The van der Waals surface area contributed by atoms with Gasteiger partial charge in [-0.3, -0.25) is 15.1 Å². The lowest BCUT2D eigenvalue weighted by Crippen LogP contribution is -2.50. The fourth-order valence-electron chi connectivity index (χ4n) is 3.38. The van der Waals surface area contributed by atoms with Crippen LogP contribution in [-0.2, 0) is 9.53 Å². The summed E-state index contributed by atoms with van der Waals surface area (Å²) >= 11 is 0. The second-order valence-corrected chi connectivity index (χ2v) is 7.60. The molecule has 31 heavy (non-hydrogen) atoms. The van der Waals surface area contributed by atoms with E-state index in [1.807, 2.05) is 24.8 Å². The standard InChI is InChI=1S/C24H32N4O3/c1-6-7-8-21(28-15-16-31-24(28)30)10-9-19(4)23(29)27-13-11-26(12-14-27)22(25)20(5)17-18(2)3/h6-10,17,25H,1-2,11-16H2,3-5H3/b8-7-,19-9+,20-17-,21-10+,25-22?. The van der Waals surface area contributed by atoms with Crippen LogP contribution in [0.4, 0.5) is 4.79 Å². The van der Waals surface area contributed by atoms with E-state index < -0.39 is 6.09 Å². The number of amides is 2. The van der Waals surface area contributed by atoms with Crippen LogP contribution in [0.2, 0.25) is 0 Å². The van der Waals surface area contributed by atoms with Gasteiger partial charge >= 0.3 is 6.09 Å². The molecule has 2 aliphatic heterocycles. The summed E-state index contributed by atoms with van der Waals surface area (Å²) in [5, 5.41) is 8.34. The maximum absolute atomic E-state index is 12.9. The molecule has 2 saturated heterocycles. The maximum atomic E-state index is 12.9. The van der Waals surface area contributed by atoms with Crippen LogP contribution >= 0.6 is 0 Å². The van der Waals surface area contributed by atoms with Gasteiger partial charge in [0, 0.05) is 37.4 Å². The third-order valence-corrected chi connectivity index (χ3v) is 5.04. The molecule has 2 aliphatic rings. The van der Waals surface area contributed by atoms with Gasteiger partial charge in [0.15, 0.2) is 0 Å². The Bertz CT molecular complexity index is 871. The zero-order valence-corrected chi connectivity index (χ0v) is 18.7. The molecule has 166 valence electrons. The molecule has 0 aliphatic carbocycles. The van der Waals surface area contributed by atoms with Crippen molar-refractivity contribution in [3.8, 4) is 0 Å². The smallest absolute Gasteiger partial charge is 0.414 e. The molecule has 0 aromatic carbocycles. The number of carbonyl (C=O) groups is 2. The number of ether oxygens (including phenoxy) is 1. The largest absolute Gasteiger partial charge is 0.447 e. The molecule has 0 aromatic heterocycles. The number of hydrogen-bond donors (Lipinski definition) is 1. The van der Waals surface area contributed by atoms with Crippen molar-refractivity contribution in [2.45, 2.75) is 20.8 Å². The van der Waals surface area contributed by atoms with Crippen molar-refractivity contribution in [2.75, 3.05) is 39.3 Å². The van der Waals surface area contributed by atoms with Gasteiger partial charge in [-0.15, -0.1) is 0 Å². The minimum Gasteiger partial charge on any atom is -0.447 e. The van der Waals surface area contributed by atoms with Crippen molar-refractivity contribution in [2.24, 2.45) is 0 Å². The maximum Gasteiger partial charge on any atom is 0.414 e. The predicted molar refractivity (Wildman–Crippen MR) is 124 cm³/mol. The highest BCUT2D eigenvalue weighted by Crippen LogP contribution is 2.16. The van der Waals surface area contributed by atoms with Gasteiger partial charge in [-0.2, -0.15) is 0 Å². The normalized spacial score (nSPS) is 18.5. The van der Waals surface area contributed by atoms with Crippen molar-refractivity contribution < 1.29 is 14.3 Å². The molecule has 7 heteroatoms. The molecule has 2 heterocycles. The van der Waals surface area contributed by atoms with Gasteiger partial charge in [-0.1, -0.05) is 43.0 Å². The number of allylic oxidation sites excluding steroid dienone is 7. The third-order valence-electron chi connectivity index (χ3n) is 5.04. The Balaban J connectivity index is 2.03. The Morgan fingerprint density at radius 3 is 2.23 bits per heavy atom. The van der Waals surface area contributed by atoms with Crippen LogP contribution in [0.3, 0.4) is 0 Å². The fourth-order valence-corrected chi connectivity index (χ4v) is 3.38. The molecule has 0 bridgehead atoms. The molecule has 7 nitrogen and oxygen atoms in total. The molecule has 0 radical (unpaired) electrons. The van der Waals surface area contributed by atoms with Crippen molar-refractivity contribution >= 4 is 17.8 Å². The van der Waals surface area contributed by atoms with E-state index in [4.69, 9.17) is 10.1 Å². The lowest BCUT2D eigenvalue weighted by Gasteiger charge is -2.36. The summed E-state index contributed by atoms with van der Waals surface area (Å²) in [7, 11) is 0. The first-order valence-corrected chi connectivity index (χ1v) is 10.3. The molecule has 1 N–H and O–H groups in total. The van der Waals surface area contributed by atoms with Crippen molar-refractivity contribution in [3.63, 3.8) is 0 Å². The SMILES string of the molecule is C=C\C=C/C(=C\C=C(/C)C(=O)N1CCN(C(=N)/C(C)=C\C(=C)C)CC1)N1CCOC1=O. The molecule has 0 aromatic rings. The lowest BCUT2D eigenvalue weighted by atomic mass is 10.1. The Morgan fingerprint density at radius 1 is 1.03 bits per heavy atom. The number of cyclic esters (lactones) is 1. The summed E-state index contributed by atoms with van der Waals surface area (Å²) in [5.74, 6) is 0.425. The van der Waals surface area contributed by atoms with E-state index in [0.29, 0.717) is 56.4 Å². The van der Waals surface area contributed by atoms with Crippen LogP contribution in [0.25, 0.3) is 0 Å². The molecular formula is C24H32N4O3. The van der Waals surface area contributed by atoms with E-state index in [2.05, 4.69) is 13.2 Å². The van der Waals surface area contributed by atoms with Gasteiger partial charge in [0.05, 0.1) is 6.54 Å². The summed E-state index contributed by atoms with van der Waals surface area (Å²) < 4.78 is 5.00. The summed E-state index contributed by atoms with van der Waals surface area (Å²) in [5.41, 5.74) is 3.01. The van der Waals surface area contributed by atoms with E-state index in [-0.39, 0.29) is 5.91 Å². The fraction of sp³-hybridized carbons (Fsp3) is 0.375. The summed E-state index contributed by atoms with van der Waals surface area (Å²) in [4.78, 5) is 30.0. The van der Waals surface area contributed by atoms with Gasteiger partial charge in [0.25, 0.3) is 0 Å². The topological polar surface area (TPSA) is 76.9 Å². The van der Waals surface area contributed by atoms with Gasteiger partial charge in [0.1, 0.15) is 12.4 Å². The molecule has 2 rings (SSSR count). The Labute approximate surface area is 184 Å². The van der Waals surface area contributed by atoms with Gasteiger partial charge in [-0.25, -0.2) is 4.79 Å². The van der Waals surface area contributed by atoms with Gasteiger partial charge in [0.2, 0.25) is 5.91 Å². The third kappa shape index (κ3) is 6.57. The average molecular weight is 425 g/mol. The minimum absolute atomic E-state index is 0.0484. The van der Waals surface area contributed by atoms with Crippen molar-refractivity contribution in [1.82, 2.24) is 14.7 Å². The highest BCUT2D eigenvalue weighted by atomic mass is 16.6. The number of carbonyl (C=O) groups excluding carboxylic acids is 2. The number of rotatable bonds is 7. The Hall–Kier alpha value is -3.35. The van der Waals surface area contributed by atoms with Crippen molar-refractivity contribution in [1.29, 1.82) is 5.41 Å². The van der Waals surface area contributed by atoms with Crippen LogP contribution in [0.1, 0.15) is 20.8 Å². The van der Waals surface area contributed by atoms with Crippen LogP contribution in [0.15, 0.2) is 72.0 Å². The van der Waals surface area contributed by atoms with Crippen LogP contribution in [0, 0.1) is 5.41 Å². The highest BCUT2D eigenvalue weighted by Gasteiger charge is 2.25. The minimum atomic E-state index is -0.396. The predicted octanol–water partition coefficient (Wildman–Crippen LogP) is 3.65. The van der Waals surface area contributed by atoms with E-state index >= 15 is 0 Å². The zero-order valence-electron chi connectivity index (χ0n) is 18.7. The second kappa shape index (κ2) is 11.2. The van der Waals surface area contributed by atoms with E-state index in [9.17, 15) is 9.59 Å². The summed E-state index contributed by atoms with van der Waals surface area (Å²) in [6, 6.07) is 0. The zero-order chi connectivity index (χ0) is 23.0. The molecule has 0 spiro atoms. The van der Waals surface area contributed by atoms with E-state index in [0.717, 1.165) is 11.1 Å². The first-order valence-electron chi connectivity index (χ1n) is 10.3. The van der Waals surface area contributed by atoms with Crippen LogP contribution in [0.5, 0.6) is 0 Å². The number of piperazine rings is 1. The van der Waals surface area contributed by atoms with Gasteiger partial charge in [-0.05, 0) is 38.5 Å². The van der Waals surface area contributed by atoms with Crippen LogP contribution < -0.4 is 0 Å². The second-order valence-electron chi connectivity index (χ2n) is 7.60. The first kappa shape index (κ1) is 23.9. The van der Waals surface area contributed by atoms with E-state index in [1.54, 1.807) is 42.2 Å². The van der Waals surface area contributed by atoms with E-state index in [1.165, 1.54) is 4.90 Å². The number of amidine groups is 1. The lowest BCUT2D eigenvalue weighted by molar-refractivity contribution is -0.128. The number of hydrogen-bond acceptors (Lipinski definition) is 4. The molecule has 0 saturated carbocycles. The Morgan fingerprint density at radius 2 is 1.68 bits per heavy atom. The monoisotopic (exact) mass is 424 g/mol. The molecule has 0 unspecified atom stereocenters. The quantitative estimate of drug-likeness (QED) is 0.293. The van der Waals surface area contributed by atoms with Gasteiger partial charge < -0.3 is 14.5 Å². The summed E-state index contributed by atoms with van der Waals surface area (Å²) in [6.07, 6.45) is 10.1. The highest BCUT2D eigenvalue weighted by molar-refractivity contribution is 5.96. The number of nitrogens with one attached hydrogen (secondary N) is 1. The first-order chi connectivity index (χ1) is 14.7. The van der Waals surface area contributed by atoms with Crippen molar-refractivity contribution in [3.05, 3.63) is 72.0 Å². The molecule has 0 atom stereocenters. The summed E-state index contributed by atoms with van der Waals surface area (Å²) in [6.45, 7) is 16.2. The van der Waals surface area contributed by atoms with Crippen LogP contribution in [-0.4, -0.2) is 71.9 Å². The average Bonchev–Trinajstić information content (AvgIpc) is 3.17. The molecule has 2 amide bonds. The molecule has 2 fully saturated rings. The number of nitrogens with zero attached hydrogens (tertiary/aromatic N) is 3. The Kier molecular flexibility index (Phi) is 8.61. The molecular weight excluding hydrogens is 392 g/mol.